The molecule has 2 rings (SSSR count). The van der Waals surface area contributed by atoms with Crippen LogP contribution in [-0.2, 0) is 4.79 Å². The number of carbonyl (C=O) groups is 1. The fraction of sp³-hybridized carbons (Fsp3) is 0.429. The molecule has 1 aromatic rings. The van der Waals surface area contributed by atoms with E-state index in [0.717, 1.165) is 24.3 Å². The number of nitrogens with zero attached hydrogens (tertiary/aromatic N) is 1. The van der Waals surface area contributed by atoms with Crippen molar-refractivity contribution in [3.8, 4) is 0 Å². The average molecular weight is 372 g/mol. The van der Waals surface area contributed by atoms with Crippen molar-refractivity contribution in [3.63, 3.8) is 0 Å². The lowest BCUT2D eigenvalue weighted by Gasteiger charge is -2.20. The van der Waals surface area contributed by atoms with Crippen LogP contribution in [0.5, 0.6) is 0 Å². The van der Waals surface area contributed by atoms with Crippen LogP contribution in [0.1, 0.15) is 24.8 Å². The zero-order valence-electron chi connectivity index (χ0n) is 11.5. The van der Waals surface area contributed by atoms with Crippen LogP contribution in [-0.4, -0.2) is 28.5 Å². The zero-order chi connectivity index (χ0) is 15.2. The fourth-order valence-corrected chi connectivity index (χ4v) is 3.93. The van der Waals surface area contributed by atoms with E-state index in [4.69, 9.17) is 10.9 Å². The molecule has 4 N–H and O–H groups in total. The minimum absolute atomic E-state index is 0.0316. The number of amides is 1. The minimum Gasteiger partial charge on any atom is -0.409 e. The predicted octanol–water partition coefficient (Wildman–Crippen LogP) is 3.02. The first-order valence-corrected chi connectivity index (χ1v) is 8.70. The maximum absolute atomic E-state index is 12.1. The molecule has 1 amide bonds. The summed E-state index contributed by atoms with van der Waals surface area (Å²) in [5.74, 6) is 2.85. The maximum atomic E-state index is 12.1. The zero-order valence-corrected chi connectivity index (χ0v) is 13.9. The highest BCUT2D eigenvalue weighted by Crippen LogP contribution is 2.27. The molecular formula is C14H18BrN3O2S. The van der Waals surface area contributed by atoms with Crippen LogP contribution in [0, 0.1) is 5.92 Å². The number of anilines is 1. The Morgan fingerprint density at radius 1 is 1.48 bits per heavy atom. The lowest BCUT2D eigenvalue weighted by Crippen LogP contribution is -2.20. The van der Waals surface area contributed by atoms with Crippen molar-refractivity contribution in [2.24, 2.45) is 16.8 Å². The van der Waals surface area contributed by atoms with Crippen LogP contribution >= 0.6 is 27.7 Å². The second-order valence-electron chi connectivity index (χ2n) is 4.99. The van der Waals surface area contributed by atoms with Crippen molar-refractivity contribution in [1.29, 1.82) is 0 Å². The van der Waals surface area contributed by atoms with Gasteiger partial charge >= 0.3 is 0 Å². The summed E-state index contributed by atoms with van der Waals surface area (Å²) in [5, 5.41) is 14.5. The molecule has 1 aliphatic rings. The van der Waals surface area contributed by atoms with Gasteiger partial charge < -0.3 is 16.3 Å². The van der Waals surface area contributed by atoms with E-state index in [1.165, 1.54) is 0 Å². The summed E-state index contributed by atoms with van der Waals surface area (Å²) >= 11 is 5.34. The summed E-state index contributed by atoms with van der Waals surface area (Å²) in [6, 6.07) is 5.15. The van der Waals surface area contributed by atoms with Crippen LogP contribution in [0.4, 0.5) is 5.69 Å². The fourth-order valence-electron chi connectivity index (χ4n) is 2.25. The molecule has 1 aromatic carbocycles. The molecule has 1 heterocycles. The van der Waals surface area contributed by atoms with Gasteiger partial charge in [0.15, 0.2) is 5.84 Å². The van der Waals surface area contributed by atoms with Gasteiger partial charge in [-0.05, 0) is 64.4 Å². The molecule has 0 bridgehead atoms. The summed E-state index contributed by atoms with van der Waals surface area (Å²) in [6.45, 7) is 0. The van der Waals surface area contributed by atoms with Crippen molar-refractivity contribution in [2.75, 3.05) is 16.8 Å². The molecule has 0 radical (unpaired) electrons. The first-order valence-electron chi connectivity index (χ1n) is 6.75. The lowest BCUT2D eigenvalue weighted by atomic mass is 9.98. The largest absolute Gasteiger partial charge is 0.409 e. The monoisotopic (exact) mass is 371 g/mol. The van der Waals surface area contributed by atoms with Crippen LogP contribution in [0.25, 0.3) is 0 Å². The van der Waals surface area contributed by atoms with Crippen LogP contribution in [0.3, 0.4) is 0 Å². The smallest absolute Gasteiger partial charge is 0.224 e. The molecular weight excluding hydrogens is 354 g/mol. The Hall–Kier alpha value is -1.21. The predicted molar refractivity (Wildman–Crippen MR) is 89.9 cm³/mol. The van der Waals surface area contributed by atoms with E-state index in [1.807, 2.05) is 11.8 Å². The third-order valence-electron chi connectivity index (χ3n) is 3.46. The Morgan fingerprint density at radius 2 is 2.19 bits per heavy atom. The van der Waals surface area contributed by atoms with Gasteiger partial charge in [0.2, 0.25) is 5.91 Å². The number of nitrogens with one attached hydrogen (secondary N) is 1. The summed E-state index contributed by atoms with van der Waals surface area (Å²) in [7, 11) is 0. The van der Waals surface area contributed by atoms with Crippen LogP contribution in [0.15, 0.2) is 27.8 Å². The number of oxime groups is 1. The number of hydrogen-bond donors (Lipinski definition) is 3. The van der Waals surface area contributed by atoms with Gasteiger partial charge in [0.05, 0.1) is 5.69 Å². The van der Waals surface area contributed by atoms with E-state index in [2.05, 4.69) is 26.4 Å². The van der Waals surface area contributed by atoms with Gasteiger partial charge in [-0.2, -0.15) is 11.8 Å². The third-order valence-corrected chi connectivity index (χ3v) is 5.17. The summed E-state index contributed by atoms with van der Waals surface area (Å²) in [4.78, 5) is 12.1. The maximum Gasteiger partial charge on any atom is 0.224 e. The highest BCUT2D eigenvalue weighted by Gasteiger charge is 2.18. The lowest BCUT2D eigenvalue weighted by molar-refractivity contribution is -0.117. The van der Waals surface area contributed by atoms with Crippen molar-refractivity contribution >= 4 is 45.1 Å². The van der Waals surface area contributed by atoms with Crippen LogP contribution < -0.4 is 11.1 Å². The minimum atomic E-state index is 0.0316. The van der Waals surface area contributed by atoms with E-state index < -0.39 is 0 Å². The molecule has 114 valence electrons. The van der Waals surface area contributed by atoms with E-state index in [0.29, 0.717) is 28.1 Å². The highest BCUT2D eigenvalue weighted by molar-refractivity contribution is 9.10. The van der Waals surface area contributed by atoms with Crippen molar-refractivity contribution in [1.82, 2.24) is 0 Å². The third kappa shape index (κ3) is 4.64. The SMILES string of the molecule is N/C(=N/O)c1ccc(NC(=O)CC2CCSCC2)c(Br)c1. The number of nitrogens with two attached hydrogens (primary N) is 1. The molecule has 1 saturated heterocycles. The van der Waals surface area contributed by atoms with Crippen molar-refractivity contribution in [3.05, 3.63) is 28.2 Å². The summed E-state index contributed by atoms with van der Waals surface area (Å²) in [6.07, 6.45) is 2.79. The normalized spacial score (nSPS) is 16.7. The molecule has 0 unspecified atom stereocenters. The van der Waals surface area contributed by atoms with E-state index in [9.17, 15) is 4.79 Å². The summed E-state index contributed by atoms with van der Waals surface area (Å²) < 4.78 is 0.708. The number of rotatable bonds is 4. The van der Waals surface area contributed by atoms with E-state index >= 15 is 0 Å². The van der Waals surface area contributed by atoms with Gasteiger partial charge in [0.1, 0.15) is 0 Å². The molecule has 0 aliphatic carbocycles. The molecule has 5 nitrogen and oxygen atoms in total. The quantitative estimate of drug-likeness (QED) is 0.328. The second-order valence-corrected chi connectivity index (χ2v) is 7.07. The average Bonchev–Trinajstić information content (AvgIpc) is 2.49. The highest BCUT2D eigenvalue weighted by atomic mass is 79.9. The topological polar surface area (TPSA) is 87.7 Å². The van der Waals surface area contributed by atoms with E-state index in [1.54, 1.807) is 18.2 Å². The molecule has 0 aromatic heterocycles. The Kier molecular flexibility index (Phi) is 5.93. The van der Waals surface area contributed by atoms with Gasteiger partial charge in [-0.3, -0.25) is 4.79 Å². The Labute approximate surface area is 136 Å². The Morgan fingerprint density at radius 3 is 2.81 bits per heavy atom. The van der Waals surface area contributed by atoms with Gasteiger partial charge in [-0.25, -0.2) is 0 Å². The number of benzene rings is 1. The standard InChI is InChI=1S/C14H18BrN3O2S/c15-11-8-10(14(16)18-20)1-2-12(11)17-13(19)7-9-3-5-21-6-4-9/h1-2,8-9,20H,3-7H2,(H2,16,18)(H,17,19). The molecule has 0 spiro atoms. The Balaban J connectivity index is 1.97. The first-order chi connectivity index (χ1) is 10.1. The number of halogens is 1. The second kappa shape index (κ2) is 7.70. The molecule has 1 fully saturated rings. The number of thioether (sulfide) groups is 1. The molecule has 7 heteroatoms. The van der Waals surface area contributed by atoms with Gasteiger partial charge in [0, 0.05) is 16.5 Å². The molecule has 0 atom stereocenters. The van der Waals surface area contributed by atoms with E-state index in [-0.39, 0.29) is 11.7 Å². The molecule has 21 heavy (non-hydrogen) atoms. The van der Waals surface area contributed by atoms with Gasteiger partial charge in [-0.15, -0.1) is 0 Å². The summed E-state index contributed by atoms with van der Waals surface area (Å²) in [5.41, 5.74) is 6.81. The molecule has 0 saturated carbocycles. The Bertz CT molecular complexity index is 545. The molecule has 1 aliphatic heterocycles. The van der Waals surface area contributed by atoms with Gasteiger partial charge in [0.25, 0.3) is 0 Å². The number of amidine groups is 1. The first kappa shape index (κ1) is 16.2. The van der Waals surface area contributed by atoms with Crippen molar-refractivity contribution in [2.45, 2.75) is 19.3 Å². The number of carbonyl (C=O) groups excluding carboxylic acids is 1. The van der Waals surface area contributed by atoms with Gasteiger partial charge in [-0.1, -0.05) is 5.16 Å². The van der Waals surface area contributed by atoms with Crippen molar-refractivity contribution < 1.29 is 10.0 Å². The number of hydrogen-bond acceptors (Lipinski definition) is 4. The van der Waals surface area contributed by atoms with Crippen LogP contribution in [0.2, 0.25) is 0 Å².